The van der Waals surface area contributed by atoms with Gasteiger partial charge in [0.25, 0.3) is 0 Å². The molecule has 2 nitrogen and oxygen atoms in total. The predicted octanol–water partition coefficient (Wildman–Crippen LogP) is 1.63. The van der Waals surface area contributed by atoms with Gasteiger partial charge in [-0.1, -0.05) is 6.92 Å². The van der Waals surface area contributed by atoms with Gasteiger partial charge in [-0.15, -0.1) is 0 Å². The fourth-order valence-corrected chi connectivity index (χ4v) is 2.97. The van der Waals surface area contributed by atoms with Gasteiger partial charge in [0.2, 0.25) is 0 Å². The van der Waals surface area contributed by atoms with Crippen molar-refractivity contribution in [3.05, 3.63) is 0 Å². The van der Waals surface area contributed by atoms with Crippen molar-refractivity contribution in [2.45, 2.75) is 38.8 Å². The van der Waals surface area contributed by atoms with Crippen LogP contribution in [0.5, 0.6) is 0 Å². The van der Waals surface area contributed by atoms with E-state index in [9.17, 15) is 0 Å². The molecule has 68 valence electrons. The van der Waals surface area contributed by atoms with Gasteiger partial charge in [-0.3, -0.25) is 3.53 Å². The molecule has 0 amide bonds. The van der Waals surface area contributed by atoms with Crippen LogP contribution < -0.4 is 3.53 Å². The van der Waals surface area contributed by atoms with E-state index in [-0.39, 0.29) is 15.4 Å². The normalized spacial score (nSPS) is 16.1. The Balaban J connectivity index is 3.38. The number of halogens is 1. The second-order valence-electron chi connectivity index (χ2n) is 3.87. The van der Waals surface area contributed by atoms with Gasteiger partial charge in [-0.2, -0.15) is 0 Å². The molecule has 1 atom stereocenters. The van der Waals surface area contributed by atoms with Crippen LogP contribution in [0.15, 0.2) is 0 Å². The van der Waals surface area contributed by atoms with Crippen LogP contribution in [0.25, 0.3) is 0 Å². The van der Waals surface area contributed by atoms with E-state index in [0.717, 1.165) is 12.1 Å². The van der Waals surface area contributed by atoms with Gasteiger partial charge >= 0.3 is 0 Å². The van der Waals surface area contributed by atoms with Crippen molar-refractivity contribution in [3.8, 4) is 0 Å². The molecule has 1 N–H and O–H groups in total. The fourth-order valence-electron chi connectivity index (χ4n) is 0.583. The number of rotatable bonds is 4. The zero-order chi connectivity index (χ0) is 8.91. The first-order valence-electron chi connectivity index (χ1n) is 3.93. The van der Waals surface area contributed by atoms with Crippen LogP contribution in [-0.4, -0.2) is 21.9 Å². The summed E-state index contributed by atoms with van der Waals surface area (Å²) in [6, 6.07) is 0. The average Bonchev–Trinajstić information content (AvgIpc) is 1.83. The Labute approximate surface area is 85.9 Å². The van der Waals surface area contributed by atoms with Gasteiger partial charge in [0.15, 0.2) is 9.76 Å². The highest BCUT2D eigenvalue weighted by Crippen LogP contribution is 2.09. The van der Waals surface area contributed by atoms with E-state index in [1.54, 1.807) is 0 Å². The Morgan fingerprint density at radius 1 is 1.55 bits per heavy atom. The Morgan fingerprint density at radius 3 is 2.45 bits per heavy atom. The Morgan fingerprint density at radius 2 is 2.09 bits per heavy atom. The van der Waals surface area contributed by atoms with Crippen LogP contribution in [0.4, 0.5) is 0 Å². The highest BCUT2D eigenvalue weighted by atomic mass is 127. The lowest BCUT2D eigenvalue weighted by atomic mass is 10.2. The summed E-state index contributed by atoms with van der Waals surface area (Å²) in [7, 11) is -0.347. The topological polar surface area (TPSA) is 21.3 Å². The van der Waals surface area contributed by atoms with Crippen molar-refractivity contribution in [2.75, 3.05) is 6.54 Å². The first kappa shape index (κ1) is 11.9. The number of hydrogen-bond acceptors (Lipinski definition) is 2. The fraction of sp³-hybridized carbons (Fsp3) is 1.00. The minimum absolute atomic E-state index is 0.0613. The minimum Gasteiger partial charge on any atom is -0.419 e. The molecule has 0 aromatic rings. The number of hydrogen-bond donors (Lipinski definition) is 1. The molecule has 0 radical (unpaired) electrons. The van der Waals surface area contributed by atoms with Crippen molar-refractivity contribution in [1.29, 1.82) is 0 Å². The van der Waals surface area contributed by atoms with E-state index in [1.165, 1.54) is 0 Å². The van der Waals surface area contributed by atoms with E-state index in [0.29, 0.717) is 0 Å². The molecule has 1 unspecified atom stereocenters. The largest absolute Gasteiger partial charge is 0.419 e. The maximum Gasteiger partial charge on any atom is 0.166 e. The van der Waals surface area contributed by atoms with E-state index in [2.05, 4.69) is 54.1 Å². The third kappa shape index (κ3) is 8.78. The van der Waals surface area contributed by atoms with Crippen LogP contribution in [0.1, 0.15) is 27.7 Å². The molecule has 0 spiro atoms. The lowest BCUT2D eigenvalue weighted by Crippen LogP contribution is -2.25. The van der Waals surface area contributed by atoms with Crippen molar-refractivity contribution >= 4 is 32.6 Å². The van der Waals surface area contributed by atoms with Crippen molar-refractivity contribution < 1.29 is 4.43 Å². The Bertz CT molecular complexity index is 105. The molecule has 0 aromatic carbocycles. The highest BCUT2D eigenvalue weighted by molar-refractivity contribution is 14.1. The average molecular weight is 287 g/mol. The van der Waals surface area contributed by atoms with Gasteiger partial charge < -0.3 is 4.43 Å². The monoisotopic (exact) mass is 287 g/mol. The summed E-state index contributed by atoms with van der Waals surface area (Å²) in [5.41, 5.74) is 0.789. The molecule has 0 saturated carbocycles. The SMILES string of the molecule is CC(CNI)[SiH2]OC(C)(C)C. The Hall–Kier alpha value is 0.867. The second-order valence-corrected chi connectivity index (χ2v) is 6.64. The molecule has 0 saturated heterocycles. The molecule has 0 aliphatic carbocycles. The highest BCUT2D eigenvalue weighted by Gasteiger charge is 2.12. The second kappa shape index (κ2) is 5.50. The first-order valence-corrected chi connectivity index (χ1v) is 6.40. The maximum atomic E-state index is 5.74. The molecule has 0 rings (SSSR count). The zero-order valence-corrected chi connectivity index (χ0v) is 11.3. The summed E-state index contributed by atoms with van der Waals surface area (Å²) in [6.07, 6.45) is 0. The molecule has 0 bridgehead atoms. The third-order valence-corrected chi connectivity index (χ3v) is 3.56. The molecular formula is C7H18INOSi. The minimum atomic E-state index is -0.347. The predicted molar refractivity (Wildman–Crippen MR) is 60.8 cm³/mol. The molecule has 0 aliphatic rings. The summed E-state index contributed by atoms with van der Waals surface area (Å²) in [5.74, 6) is 0. The van der Waals surface area contributed by atoms with E-state index in [4.69, 9.17) is 4.43 Å². The standard InChI is InChI=1S/C7H18INOSi/c1-6(5-9-8)11-10-7(2,3)4/h6,9H,5,11H2,1-4H3. The summed E-state index contributed by atoms with van der Waals surface area (Å²) in [4.78, 5) is 0. The van der Waals surface area contributed by atoms with Crippen molar-refractivity contribution in [2.24, 2.45) is 0 Å². The van der Waals surface area contributed by atoms with E-state index < -0.39 is 0 Å². The van der Waals surface area contributed by atoms with Crippen LogP contribution in [0, 0.1) is 0 Å². The molecule has 11 heavy (non-hydrogen) atoms. The molecule has 0 fully saturated rings. The van der Waals surface area contributed by atoms with E-state index in [1.807, 2.05) is 0 Å². The van der Waals surface area contributed by atoms with E-state index >= 15 is 0 Å². The van der Waals surface area contributed by atoms with Gasteiger partial charge in [0.1, 0.15) is 0 Å². The van der Waals surface area contributed by atoms with Gasteiger partial charge in [0, 0.05) is 35.0 Å². The molecule has 0 aliphatic heterocycles. The quantitative estimate of drug-likeness (QED) is 0.482. The third-order valence-electron chi connectivity index (χ3n) is 1.23. The summed E-state index contributed by atoms with van der Waals surface area (Å²) >= 11 is 2.18. The van der Waals surface area contributed by atoms with Crippen LogP contribution in [0.2, 0.25) is 5.54 Å². The number of nitrogens with one attached hydrogen (secondary N) is 1. The Kier molecular flexibility index (Phi) is 5.94. The van der Waals surface area contributed by atoms with Crippen LogP contribution in [-0.2, 0) is 4.43 Å². The lowest BCUT2D eigenvalue weighted by molar-refractivity contribution is 0.135. The van der Waals surface area contributed by atoms with Crippen molar-refractivity contribution in [3.63, 3.8) is 0 Å². The van der Waals surface area contributed by atoms with Crippen LogP contribution >= 0.6 is 22.9 Å². The molecule has 0 aromatic heterocycles. The molecular weight excluding hydrogens is 269 g/mol. The molecule has 0 heterocycles. The summed E-state index contributed by atoms with van der Waals surface area (Å²) in [5, 5.41) is 0. The summed E-state index contributed by atoms with van der Waals surface area (Å²) in [6.45, 7) is 9.66. The summed E-state index contributed by atoms with van der Waals surface area (Å²) < 4.78 is 8.87. The molecule has 4 heteroatoms. The van der Waals surface area contributed by atoms with Crippen LogP contribution in [0.3, 0.4) is 0 Å². The van der Waals surface area contributed by atoms with Gasteiger partial charge in [0.05, 0.1) is 0 Å². The smallest absolute Gasteiger partial charge is 0.166 e. The lowest BCUT2D eigenvalue weighted by Gasteiger charge is -2.22. The zero-order valence-electron chi connectivity index (χ0n) is 7.78. The maximum absolute atomic E-state index is 5.74. The van der Waals surface area contributed by atoms with Crippen molar-refractivity contribution in [1.82, 2.24) is 3.53 Å². The van der Waals surface area contributed by atoms with Gasteiger partial charge in [-0.05, 0) is 26.3 Å². The first-order chi connectivity index (χ1) is 4.95. The van der Waals surface area contributed by atoms with Gasteiger partial charge in [-0.25, -0.2) is 0 Å².